The predicted octanol–water partition coefficient (Wildman–Crippen LogP) is 1.56. The van der Waals surface area contributed by atoms with Gasteiger partial charge < -0.3 is 20.9 Å². The number of carbonyl (C=O) groups is 1. The lowest BCUT2D eigenvalue weighted by Crippen LogP contribution is -2.15. The monoisotopic (exact) mass is 252 g/mol. The van der Waals surface area contributed by atoms with Crippen LogP contribution in [0.15, 0.2) is 18.2 Å². The van der Waals surface area contributed by atoms with Crippen molar-refractivity contribution in [1.29, 1.82) is 0 Å². The molecule has 0 saturated heterocycles. The van der Waals surface area contributed by atoms with Gasteiger partial charge in [-0.3, -0.25) is 4.79 Å². The van der Waals surface area contributed by atoms with Crippen molar-refractivity contribution in [2.24, 2.45) is 5.73 Å². The van der Waals surface area contributed by atoms with E-state index in [1.807, 2.05) is 0 Å². The number of amides is 1. The summed E-state index contributed by atoms with van der Waals surface area (Å²) in [5.74, 6) is -0.0949. The van der Waals surface area contributed by atoms with Gasteiger partial charge in [-0.2, -0.15) is 0 Å². The number of primary amides is 1. The Hall–Kier alpha value is -1.75. The van der Waals surface area contributed by atoms with E-state index in [9.17, 15) is 4.79 Å². The number of rotatable bonds is 8. The molecule has 0 fully saturated rings. The summed E-state index contributed by atoms with van der Waals surface area (Å²) in [5.41, 5.74) is 11.5. The van der Waals surface area contributed by atoms with Crippen LogP contribution in [-0.4, -0.2) is 25.7 Å². The number of hydrogen-bond donors (Lipinski definition) is 2. The highest BCUT2D eigenvalue weighted by molar-refractivity contribution is 5.99. The fourth-order valence-electron chi connectivity index (χ4n) is 1.44. The molecular weight excluding hydrogens is 232 g/mol. The Balaban J connectivity index is 2.43. The minimum atomic E-state index is -0.558. The summed E-state index contributed by atoms with van der Waals surface area (Å²) in [6.45, 7) is 3.74. The third kappa shape index (κ3) is 4.25. The van der Waals surface area contributed by atoms with Crippen LogP contribution < -0.4 is 16.2 Å². The second-order valence-corrected chi connectivity index (χ2v) is 3.90. The zero-order valence-electron chi connectivity index (χ0n) is 10.6. The number of unbranched alkanes of at least 4 members (excludes halogenated alkanes) is 1. The molecule has 0 aliphatic carbocycles. The standard InChI is InChI=1S/C13H20N2O3/c1-2-3-7-17-8-9-18-11-6-4-5-10(12(11)14)13(15)16/h4-6H,2-3,7-9,14H2,1H3,(H2,15,16). The molecule has 1 rings (SSSR count). The Morgan fingerprint density at radius 2 is 2.06 bits per heavy atom. The molecule has 0 spiro atoms. The molecule has 5 nitrogen and oxygen atoms in total. The summed E-state index contributed by atoms with van der Waals surface area (Å²) in [7, 11) is 0. The first-order chi connectivity index (χ1) is 8.66. The first kappa shape index (κ1) is 14.3. The highest BCUT2D eigenvalue weighted by Crippen LogP contribution is 2.24. The summed E-state index contributed by atoms with van der Waals surface area (Å²) in [4.78, 5) is 11.1. The number of nitrogens with two attached hydrogens (primary N) is 2. The molecule has 4 N–H and O–H groups in total. The molecule has 0 unspecified atom stereocenters. The van der Waals surface area contributed by atoms with Crippen LogP contribution in [0.1, 0.15) is 30.1 Å². The van der Waals surface area contributed by atoms with Crippen molar-refractivity contribution in [3.8, 4) is 5.75 Å². The lowest BCUT2D eigenvalue weighted by molar-refractivity contribution is 0.0978. The molecule has 0 aromatic heterocycles. The van der Waals surface area contributed by atoms with Crippen LogP contribution >= 0.6 is 0 Å². The largest absolute Gasteiger partial charge is 0.489 e. The molecular formula is C13H20N2O3. The molecule has 1 amide bonds. The molecule has 0 heterocycles. The minimum Gasteiger partial charge on any atom is -0.489 e. The highest BCUT2D eigenvalue weighted by Gasteiger charge is 2.09. The maximum Gasteiger partial charge on any atom is 0.250 e. The fourth-order valence-corrected chi connectivity index (χ4v) is 1.44. The molecule has 18 heavy (non-hydrogen) atoms. The van der Waals surface area contributed by atoms with Gasteiger partial charge in [-0.05, 0) is 18.6 Å². The number of anilines is 1. The molecule has 0 bridgehead atoms. The van der Waals surface area contributed by atoms with E-state index in [0.29, 0.717) is 19.0 Å². The number of carbonyl (C=O) groups excluding carboxylic acids is 1. The van der Waals surface area contributed by atoms with Gasteiger partial charge in [0.25, 0.3) is 5.91 Å². The van der Waals surface area contributed by atoms with Crippen molar-refractivity contribution in [1.82, 2.24) is 0 Å². The molecule has 5 heteroatoms. The maximum atomic E-state index is 11.1. The van der Waals surface area contributed by atoms with Gasteiger partial charge in [-0.15, -0.1) is 0 Å². The van der Waals surface area contributed by atoms with Gasteiger partial charge in [-0.1, -0.05) is 19.4 Å². The minimum absolute atomic E-state index is 0.276. The molecule has 0 saturated carbocycles. The van der Waals surface area contributed by atoms with Crippen molar-refractivity contribution in [3.05, 3.63) is 23.8 Å². The van der Waals surface area contributed by atoms with Crippen LogP contribution in [0.5, 0.6) is 5.75 Å². The molecule has 100 valence electrons. The molecule has 1 aromatic rings. The first-order valence-corrected chi connectivity index (χ1v) is 6.05. The molecule has 0 aliphatic heterocycles. The average molecular weight is 252 g/mol. The third-order valence-electron chi connectivity index (χ3n) is 2.46. The lowest BCUT2D eigenvalue weighted by atomic mass is 10.1. The van der Waals surface area contributed by atoms with E-state index >= 15 is 0 Å². The summed E-state index contributed by atoms with van der Waals surface area (Å²) >= 11 is 0. The SMILES string of the molecule is CCCCOCCOc1cccc(C(N)=O)c1N. The van der Waals surface area contributed by atoms with E-state index in [1.54, 1.807) is 18.2 Å². The van der Waals surface area contributed by atoms with Crippen LogP contribution in [0.2, 0.25) is 0 Å². The fraction of sp³-hybridized carbons (Fsp3) is 0.462. The average Bonchev–Trinajstić information content (AvgIpc) is 2.35. The summed E-state index contributed by atoms with van der Waals surface area (Å²) < 4.78 is 10.8. The van der Waals surface area contributed by atoms with Gasteiger partial charge >= 0.3 is 0 Å². The van der Waals surface area contributed by atoms with E-state index in [2.05, 4.69) is 6.92 Å². The van der Waals surface area contributed by atoms with Crippen LogP contribution in [0.3, 0.4) is 0 Å². The Morgan fingerprint density at radius 3 is 2.72 bits per heavy atom. The number of nitrogen functional groups attached to an aromatic ring is 1. The van der Waals surface area contributed by atoms with Gasteiger partial charge in [0.1, 0.15) is 12.4 Å². The van der Waals surface area contributed by atoms with Crippen molar-refractivity contribution >= 4 is 11.6 Å². The van der Waals surface area contributed by atoms with Gasteiger partial charge in [0.2, 0.25) is 0 Å². The second-order valence-electron chi connectivity index (χ2n) is 3.90. The topological polar surface area (TPSA) is 87.6 Å². The highest BCUT2D eigenvalue weighted by atomic mass is 16.5. The number of benzene rings is 1. The van der Waals surface area contributed by atoms with Gasteiger partial charge in [-0.25, -0.2) is 0 Å². The smallest absolute Gasteiger partial charge is 0.250 e. The van der Waals surface area contributed by atoms with E-state index < -0.39 is 5.91 Å². The van der Waals surface area contributed by atoms with Crippen LogP contribution in [0.4, 0.5) is 5.69 Å². The zero-order valence-corrected chi connectivity index (χ0v) is 10.6. The first-order valence-electron chi connectivity index (χ1n) is 6.05. The Bertz CT molecular complexity index is 394. The van der Waals surface area contributed by atoms with E-state index in [1.165, 1.54) is 0 Å². The second kappa shape index (κ2) is 7.55. The van der Waals surface area contributed by atoms with E-state index in [0.717, 1.165) is 19.4 Å². The van der Waals surface area contributed by atoms with E-state index in [4.69, 9.17) is 20.9 Å². The van der Waals surface area contributed by atoms with Crippen LogP contribution in [-0.2, 0) is 4.74 Å². The summed E-state index contributed by atoms with van der Waals surface area (Å²) in [5, 5.41) is 0. The Labute approximate surface area is 107 Å². The predicted molar refractivity (Wildman–Crippen MR) is 70.6 cm³/mol. The zero-order chi connectivity index (χ0) is 13.4. The molecule has 0 atom stereocenters. The van der Waals surface area contributed by atoms with Crippen molar-refractivity contribution in [3.63, 3.8) is 0 Å². The lowest BCUT2D eigenvalue weighted by Gasteiger charge is -2.11. The quantitative estimate of drug-likeness (QED) is 0.543. The number of hydrogen-bond acceptors (Lipinski definition) is 4. The molecule has 0 radical (unpaired) electrons. The number of ether oxygens (including phenoxy) is 2. The summed E-state index contributed by atoms with van der Waals surface area (Å²) in [6.07, 6.45) is 2.15. The summed E-state index contributed by atoms with van der Waals surface area (Å²) in [6, 6.07) is 4.96. The third-order valence-corrected chi connectivity index (χ3v) is 2.46. The van der Waals surface area contributed by atoms with Crippen LogP contribution in [0.25, 0.3) is 0 Å². The van der Waals surface area contributed by atoms with Gasteiger partial charge in [0, 0.05) is 6.61 Å². The van der Waals surface area contributed by atoms with E-state index in [-0.39, 0.29) is 11.3 Å². The van der Waals surface area contributed by atoms with Crippen molar-refractivity contribution < 1.29 is 14.3 Å². The van der Waals surface area contributed by atoms with Crippen LogP contribution in [0, 0.1) is 0 Å². The maximum absolute atomic E-state index is 11.1. The van der Waals surface area contributed by atoms with Crippen molar-refractivity contribution in [2.45, 2.75) is 19.8 Å². The molecule has 1 aromatic carbocycles. The Kier molecular flexibility index (Phi) is 6.00. The normalized spacial score (nSPS) is 10.3. The Morgan fingerprint density at radius 1 is 1.28 bits per heavy atom. The number of para-hydroxylation sites is 1. The van der Waals surface area contributed by atoms with Gasteiger partial charge in [0.05, 0.1) is 17.9 Å². The van der Waals surface area contributed by atoms with Crippen molar-refractivity contribution in [2.75, 3.05) is 25.6 Å². The van der Waals surface area contributed by atoms with Gasteiger partial charge in [0.15, 0.2) is 0 Å². The molecule has 0 aliphatic rings.